The molecular formula is C19H23ClN4O2. The highest BCUT2D eigenvalue weighted by Crippen LogP contribution is 2.26. The Morgan fingerprint density at radius 3 is 2.65 bits per heavy atom. The molecule has 7 heteroatoms. The molecule has 2 heterocycles. The zero-order valence-electron chi connectivity index (χ0n) is 15.1. The number of hydrogen-bond donors (Lipinski definition) is 1. The Bertz CT molecular complexity index is 766. The third-order valence-electron chi connectivity index (χ3n) is 4.54. The summed E-state index contributed by atoms with van der Waals surface area (Å²) in [6.45, 7) is 6.54. The second-order valence-electron chi connectivity index (χ2n) is 6.74. The lowest BCUT2D eigenvalue weighted by Gasteiger charge is -2.23. The van der Waals surface area contributed by atoms with E-state index in [9.17, 15) is 4.79 Å². The number of rotatable bonds is 6. The van der Waals surface area contributed by atoms with E-state index in [0.29, 0.717) is 24.3 Å². The molecule has 0 saturated carbocycles. The highest BCUT2D eigenvalue weighted by Gasteiger charge is 2.37. The number of amides is 1. The van der Waals surface area contributed by atoms with Gasteiger partial charge in [-0.15, -0.1) is 11.6 Å². The Balaban J connectivity index is 1.77. The minimum Gasteiger partial charge on any atom is -0.447 e. The molecule has 1 N–H and O–H groups in total. The van der Waals surface area contributed by atoms with Crippen LogP contribution >= 0.6 is 11.6 Å². The van der Waals surface area contributed by atoms with Crippen LogP contribution < -0.4 is 10.2 Å². The van der Waals surface area contributed by atoms with Gasteiger partial charge in [0.05, 0.1) is 12.1 Å². The van der Waals surface area contributed by atoms with Crippen LogP contribution in [0.2, 0.25) is 0 Å². The van der Waals surface area contributed by atoms with E-state index in [4.69, 9.17) is 16.3 Å². The van der Waals surface area contributed by atoms with Gasteiger partial charge in [-0.1, -0.05) is 38.1 Å². The molecule has 2 aromatic rings. The van der Waals surface area contributed by atoms with Crippen LogP contribution in [0.15, 0.2) is 36.5 Å². The maximum Gasteiger partial charge on any atom is 0.415 e. The van der Waals surface area contributed by atoms with Gasteiger partial charge in [-0.25, -0.2) is 9.78 Å². The predicted octanol–water partition coefficient (Wildman–Crippen LogP) is 4.37. The molecule has 1 aromatic heterocycles. The van der Waals surface area contributed by atoms with Crippen molar-refractivity contribution in [1.82, 2.24) is 9.97 Å². The van der Waals surface area contributed by atoms with E-state index < -0.39 is 0 Å². The van der Waals surface area contributed by atoms with Gasteiger partial charge in [-0.05, 0) is 30.0 Å². The van der Waals surface area contributed by atoms with Crippen molar-refractivity contribution < 1.29 is 9.53 Å². The minimum absolute atomic E-state index is 0.0149. The number of halogens is 1. The first-order valence-electron chi connectivity index (χ1n) is 8.70. The molecule has 2 unspecified atom stereocenters. The molecule has 6 nitrogen and oxygen atoms in total. The van der Waals surface area contributed by atoms with E-state index in [1.54, 1.807) is 17.2 Å². The van der Waals surface area contributed by atoms with E-state index in [2.05, 4.69) is 29.1 Å². The molecule has 2 atom stereocenters. The highest BCUT2D eigenvalue weighted by molar-refractivity contribution is 6.17. The quantitative estimate of drug-likeness (QED) is 0.760. The smallest absolute Gasteiger partial charge is 0.415 e. The zero-order valence-corrected chi connectivity index (χ0v) is 15.9. The summed E-state index contributed by atoms with van der Waals surface area (Å²) in [5.41, 5.74) is 2.18. The van der Waals surface area contributed by atoms with Crippen molar-refractivity contribution >= 4 is 29.5 Å². The van der Waals surface area contributed by atoms with Gasteiger partial charge < -0.3 is 10.1 Å². The fourth-order valence-electron chi connectivity index (χ4n) is 2.92. The molecule has 138 valence electrons. The Labute approximate surface area is 158 Å². The molecule has 1 aliphatic rings. The summed E-state index contributed by atoms with van der Waals surface area (Å²) in [6.07, 6.45) is 1.29. The average molecular weight is 375 g/mol. The summed E-state index contributed by atoms with van der Waals surface area (Å²) >= 11 is 5.84. The van der Waals surface area contributed by atoms with Crippen LogP contribution in [0.25, 0.3) is 0 Å². The maximum absolute atomic E-state index is 12.1. The second-order valence-corrected chi connectivity index (χ2v) is 7.01. The first kappa shape index (κ1) is 18.5. The lowest BCUT2D eigenvalue weighted by atomic mass is 10.0. The van der Waals surface area contributed by atoms with Gasteiger partial charge in [-0.3, -0.25) is 4.90 Å². The number of carbonyl (C=O) groups excluding carboxylic acids is 1. The van der Waals surface area contributed by atoms with Crippen LogP contribution in [0, 0.1) is 5.92 Å². The summed E-state index contributed by atoms with van der Waals surface area (Å²) < 4.78 is 5.20. The van der Waals surface area contributed by atoms with Crippen LogP contribution in [-0.4, -0.2) is 28.7 Å². The number of alkyl halides is 1. The Hall–Kier alpha value is -2.34. The van der Waals surface area contributed by atoms with E-state index in [0.717, 1.165) is 11.1 Å². The van der Waals surface area contributed by atoms with E-state index in [1.165, 1.54) is 0 Å². The lowest BCUT2D eigenvalue weighted by molar-refractivity contribution is 0.177. The molecule has 0 radical (unpaired) electrons. The van der Waals surface area contributed by atoms with Crippen molar-refractivity contribution in [2.24, 2.45) is 5.92 Å². The number of aromatic nitrogens is 2. The highest BCUT2D eigenvalue weighted by atomic mass is 35.5. The summed E-state index contributed by atoms with van der Waals surface area (Å²) in [5, 5.41) is 3.28. The van der Waals surface area contributed by atoms with Gasteiger partial charge >= 0.3 is 6.09 Å². The van der Waals surface area contributed by atoms with Crippen molar-refractivity contribution in [2.45, 2.75) is 38.7 Å². The Morgan fingerprint density at radius 2 is 2.00 bits per heavy atom. The van der Waals surface area contributed by atoms with Gasteiger partial charge in [0.15, 0.2) is 0 Å². The fraction of sp³-hybridized carbons (Fsp3) is 0.421. The van der Waals surface area contributed by atoms with E-state index in [-0.39, 0.29) is 24.1 Å². The molecular weight excluding hydrogens is 352 g/mol. The van der Waals surface area contributed by atoms with Crippen LogP contribution in [-0.2, 0) is 10.6 Å². The fourth-order valence-corrected chi connectivity index (χ4v) is 3.09. The normalized spacial score (nSPS) is 18.1. The van der Waals surface area contributed by atoms with Gasteiger partial charge in [0, 0.05) is 12.1 Å². The van der Waals surface area contributed by atoms with Crippen molar-refractivity contribution in [3.8, 4) is 0 Å². The van der Waals surface area contributed by atoms with E-state index in [1.807, 2.05) is 31.2 Å². The molecule has 0 spiro atoms. The molecule has 1 saturated heterocycles. The third kappa shape index (κ3) is 3.90. The van der Waals surface area contributed by atoms with Gasteiger partial charge in [0.1, 0.15) is 12.4 Å². The monoisotopic (exact) mass is 374 g/mol. The number of cyclic esters (lactones) is 1. The largest absolute Gasteiger partial charge is 0.447 e. The predicted molar refractivity (Wildman–Crippen MR) is 103 cm³/mol. The number of anilines is 2. The van der Waals surface area contributed by atoms with Crippen LogP contribution in [0.5, 0.6) is 0 Å². The summed E-state index contributed by atoms with van der Waals surface area (Å²) in [7, 11) is 0. The number of nitrogens with zero attached hydrogens (tertiary/aromatic N) is 3. The molecule has 1 aromatic carbocycles. The maximum atomic E-state index is 12.1. The molecule has 1 aliphatic heterocycles. The average Bonchev–Trinajstić information content (AvgIpc) is 3.04. The van der Waals surface area contributed by atoms with Gasteiger partial charge in [-0.2, -0.15) is 4.98 Å². The number of nitrogens with one attached hydrogen (secondary N) is 1. The van der Waals surface area contributed by atoms with Crippen molar-refractivity contribution in [3.63, 3.8) is 0 Å². The van der Waals surface area contributed by atoms with Crippen LogP contribution in [0.3, 0.4) is 0 Å². The molecule has 3 rings (SSSR count). The number of ether oxygens (including phenoxy) is 1. The number of benzene rings is 1. The van der Waals surface area contributed by atoms with Crippen molar-refractivity contribution in [3.05, 3.63) is 47.7 Å². The molecule has 1 amide bonds. The van der Waals surface area contributed by atoms with Crippen molar-refractivity contribution in [2.75, 3.05) is 16.8 Å². The molecule has 1 fully saturated rings. The first-order chi connectivity index (χ1) is 12.5. The standard InChI is InChI=1S/C19H23ClN4O2/c1-12(2)16-11-26-19(25)24(16)17-8-9-21-18(23-17)22-13(3)15-6-4-14(10-20)5-7-15/h4-9,12-13,16H,10-11H2,1-3H3,(H,21,22,23). The van der Waals surface area contributed by atoms with Gasteiger partial charge in [0.2, 0.25) is 5.95 Å². The lowest BCUT2D eigenvalue weighted by Crippen LogP contribution is -2.37. The SMILES string of the molecule is CC(Nc1nccc(N2C(=O)OCC2C(C)C)n1)c1ccc(CCl)cc1. The number of carbonyl (C=O) groups is 1. The second kappa shape index (κ2) is 7.91. The minimum atomic E-state index is -0.363. The van der Waals surface area contributed by atoms with Crippen molar-refractivity contribution in [1.29, 1.82) is 0 Å². The summed E-state index contributed by atoms with van der Waals surface area (Å²) in [5.74, 6) is 1.79. The molecule has 0 bridgehead atoms. The summed E-state index contributed by atoms with van der Waals surface area (Å²) in [6, 6.07) is 9.80. The van der Waals surface area contributed by atoms with E-state index >= 15 is 0 Å². The van der Waals surface area contributed by atoms with Crippen LogP contribution in [0.1, 0.15) is 37.9 Å². The van der Waals surface area contributed by atoms with Gasteiger partial charge in [0.25, 0.3) is 0 Å². The molecule has 0 aliphatic carbocycles. The first-order valence-corrected chi connectivity index (χ1v) is 9.23. The number of hydrogen-bond acceptors (Lipinski definition) is 5. The zero-order chi connectivity index (χ0) is 18.7. The topological polar surface area (TPSA) is 67.4 Å². The Kier molecular flexibility index (Phi) is 5.61. The summed E-state index contributed by atoms with van der Waals surface area (Å²) in [4.78, 5) is 22.5. The third-order valence-corrected chi connectivity index (χ3v) is 4.85. The molecule has 26 heavy (non-hydrogen) atoms. The van der Waals surface area contributed by atoms with Crippen LogP contribution in [0.4, 0.5) is 16.6 Å². The Morgan fingerprint density at radius 1 is 1.27 bits per heavy atom.